The van der Waals surface area contributed by atoms with Crippen molar-refractivity contribution in [1.82, 2.24) is 4.90 Å². The Labute approximate surface area is 211 Å². The third-order valence-corrected chi connectivity index (χ3v) is 6.45. The van der Waals surface area contributed by atoms with E-state index in [2.05, 4.69) is 18.7 Å². The lowest BCUT2D eigenvalue weighted by Gasteiger charge is -2.28. The van der Waals surface area contributed by atoms with Crippen LogP contribution in [0.1, 0.15) is 42.1 Å². The summed E-state index contributed by atoms with van der Waals surface area (Å²) in [4.78, 5) is 2.13. The third-order valence-electron chi connectivity index (χ3n) is 6.45. The van der Waals surface area contributed by atoms with Gasteiger partial charge in [0.2, 0.25) is 0 Å². The fourth-order valence-electron chi connectivity index (χ4n) is 4.24. The van der Waals surface area contributed by atoms with Gasteiger partial charge in [0.1, 0.15) is 28.8 Å². The molecule has 0 bridgehead atoms. The molecule has 4 aromatic rings. The summed E-state index contributed by atoms with van der Waals surface area (Å²) in [5, 5.41) is 12.1. The number of benzene rings is 3. The van der Waals surface area contributed by atoms with Crippen molar-refractivity contribution in [3.63, 3.8) is 0 Å². The van der Waals surface area contributed by atoms with Crippen LogP contribution in [0.3, 0.4) is 0 Å². The maximum atomic E-state index is 14.3. The van der Waals surface area contributed by atoms with Crippen molar-refractivity contribution in [1.29, 1.82) is 0 Å². The van der Waals surface area contributed by atoms with Gasteiger partial charge in [0.05, 0.1) is 20.8 Å². The van der Waals surface area contributed by atoms with E-state index in [1.54, 1.807) is 32.4 Å². The molecule has 0 spiro atoms. The van der Waals surface area contributed by atoms with Crippen molar-refractivity contribution < 1.29 is 23.4 Å². The largest absolute Gasteiger partial charge is 0.497 e. The van der Waals surface area contributed by atoms with Gasteiger partial charge in [-0.2, -0.15) is 0 Å². The molecule has 0 radical (unpaired) electrons. The first kappa shape index (κ1) is 25.5. The van der Waals surface area contributed by atoms with E-state index in [0.29, 0.717) is 52.8 Å². The summed E-state index contributed by atoms with van der Waals surface area (Å²) >= 11 is 0. The van der Waals surface area contributed by atoms with E-state index in [0.717, 1.165) is 0 Å². The summed E-state index contributed by atoms with van der Waals surface area (Å²) < 4.78 is 31.2. The molecule has 3 aromatic carbocycles. The van der Waals surface area contributed by atoms with Crippen LogP contribution in [0.4, 0.5) is 4.39 Å². The summed E-state index contributed by atoms with van der Waals surface area (Å²) in [6, 6.07) is 25.1. The highest BCUT2D eigenvalue weighted by molar-refractivity contribution is 5.46. The Morgan fingerprint density at radius 2 is 1.36 bits per heavy atom. The molecule has 0 amide bonds. The topological polar surface area (TPSA) is 55.1 Å². The van der Waals surface area contributed by atoms with E-state index < -0.39 is 5.60 Å². The highest BCUT2D eigenvalue weighted by atomic mass is 19.1. The predicted octanol–water partition coefficient (Wildman–Crippen LogP) is 6.13. The zero-order valence-corrected chi connectivity index (χ0v) is 21.1. The number of hydrogen-bond acceptors (Lipinski definition) is 5. The molecule has 1 N–H and O–H groups in total. The monoisotopic (exact) mass is 489 g/mol. The first-order valence-electron chi connectivity index (χ1n) is 11.9. The predicted molar refractivity (Wildman–Crippen MR) is 138 cm³/mol. The van der Waals surface area contributed by atoms with Crippen LogP contribution in [0.15, 0.2) is 89.3 Å². The Morgan fingerprint density at radius 3 is 1.86 bits per heavy atom. The zero-order valence-electron chi connectivity index (χ0n) is 21.1. The third kappa shape index (κ3) is 5.30. The number of halogens is 1. The van der Waals surface area contributed by atoms with E-state index in [-0.39, 0.29) is 11.9 Å². The van der Waals surface area contributed by atoms with Crippen molar-refractivity contribution >= 4 is 0 Å². The Kier molecular flexibility index (Phi) is 7.77. The summed E-state index contributed by atoms with van der Waals surface area (Å²) in [5.41, 5.74) is 0.374. The molecule has 1 heterocycles. The van der Waals surface area contributed by atoms with Gasteiger partial charge in [0, 0.05) is 18.2 Å². The number of aliphatic hydroxyl groups is 1. The second kappa shape index (κ2) is 11.0. The smallest absolute Gasteiger partial charge is 0.173 e. The van der Waals surface area contributed by atoms with Crippen LogP contribution >= 0.6 is 0 Å². The molecule has 0 fully saturated rings. The van der Waals surface area contributed by atoms with Crippen molar-refractivity contribution in [2.75, 3.05) is 14.2 Å². The van der Waals surface area contributed by atoms with Crippen molar-refractivity contribution in [2.45, 2.75) is 38.6 Å². The summed E-state index contributed by atoms with van der Waals surface area (Å²) in [6.07, 6.45) is 0. The van der Waals surface area contributed by atoms with Gasteiger partial charge in [-0.25, -0.2) is 4.39 Å². The minimum atomic E-state index is -1.54. The van der Waals surface area contributed by atoms with Crippen molar-refractivity contribution in [3.05, 3.63) is 119 Å². The lowest BCUT2D eigenvalue weighted by atomic mass is 9.84. The molecule has 0 aliphatic carbocycles. The SMILES string of the molecule is COc1ccc(C(O)(c2ccc(OC)cc2)c2ccc(CN(Cc3ccccc3F)C(C)C)o2)cc1. The molecule has 5 nitrogen and oxygen atoms in total. The Morgan fingerprint density at radius 1 is 0.806 bits per heavy atom. The fourth-order valence-corrected chi connectivity index (χ4v) is 4.24. The van der Waals surface area contributed by atoms with Gasteiger partial charge in [-0.1, -0.05) is 42.5 Å². The first-order valence-corrected chi connectivity index (χ1v) is 11.9. The van der Waals surface area contributed by atoms with Gasteiger partial charge in [-0.05, 0) is 67.4 Å². The standard InChI is InChI=1S/C30H32FNO4/c1-21(2)32(19-22-7-5-6-8-28(22)31)20-27-17-18-29(36-27)30(33,23-9-13-25(34-3)14-10-23)24-11-15-26(35-4)16-12-24/h5-18,21,33H,19-20H2,1-4H3. The molecule has 0 unspecified atom stereocenters. The maximum Gasteiger partial charge on any atom is 0.173 e. The molecule has 1 aromatic heterocycles. The minimum Gasteiger partial charge on any atom is -0.497 e. The van der Waals surface area contributed by atoms with Gasteiger partial charge >= 0.3 is 0 Å². The van der Waals surface area contributed by atoms with E-state index in [1.807, 2.05) is 60.7 Å². The van der Waals surface area contributed by atoms with Crippen LogP contribution in [-0.4, -0.2) is 30.3 Å². The molecule has 0 aliphatic rings. The van der Waals surface area contributed by atoms with Crippen molar-refractivity contribution in [2.24, 2.45) is 0 Å². The van der Waals surface area contributed by atoms with E-state index in [1.165, 1.54) is 6.07 Å². The van der Waals surface area contributed by atoms with E-state index in [9.17, 15) is 9.50 Å². The van der Waals surface area contributed by atoms with Gasteiger partial charge in [0.25, 0.3) is 0 Å². The van der Waals surface area contributed by atoms with Crippen LogP contribution in [0.5, 0.6) is 11.5 Å². The highest BCUT2D eigenvalue weighted by Gasteiger charge is 2.37. The Balaban J connectivity index is 1.68. The number of hydrogen-bond donors (Lipinski definition) is 1. The average molecular weight is 490 g/mol. The normalized spacial score (nSPS) is 11.8. The van der Waals surface area contributed by atoms with Crippen LogP contribution in [0.2, 0.25) is 0 Å². The molecule has 0 saturated heterocycles. The average Bonchev–Trinajstić information content (AvgIpc) is 3.38. The van der Waals surface area contributed by atoms with E-state index >= 15 is 0 Å². The van der Waals surface area contributed by atoms with Crippen LogP contribution in [0.25, 0.3) is 0 Å². The molecular weight excluding hydrogens is 457 g/mol. The molecule has 0 saturated carbocycles. The maximum absolute atomic E-state index is 14.3. The Hall–Kier alpha value is -3.61. The summed E-state index contributed by atoms with van der Waals surface area (Å²) in [5.74, 6) is 2.22. The van der Waals surface area contributed by atoms with Crippen molar-refractivity contribution in [3.8, 4) is 11.5 Å². The summed E-state index contributed by atoms with van der Waals surface area (Å²) in [6.45, 7) is 5.04. The molecule has 36 heavy (non-hydrogen) atoms. The van der Waals surface area contributed by atoms with Crippen LogP contribution in [0, 0.1) is 5.82 Å². The number of nitrogens with zero attached hydrogens (tertiary/aromatic N) is 1. The van der Waals surface area contributed by atoms with E-state index in [4.69, 9.17) is 13.9 Å². The number of methoxy groups -OCH3 is 2. The van der Waals surface area contributed by atoms with Gasteiger partial charge in [0.15, 0.2) is 5.60 Å². The zero-order chi connectivity index (χ0) is 25.7. The number of ether oxygens (including phenoxy) is 2. The van der Waals surface area contributed by atoms with Gasteiger partial charge in [-0.15, -0.1) is 0 Å². The van der Waals surface area contributed by atoms with Gasteiger partial charge in [-0.3, -0.25) is 4.90 Å². The molecule has 0 aliphatic heterocycles. The fraction of sp³-hybridized carbons (Fsp3) is 0.267. The molecule has 188 valence electrons. The second-order valence-corrected chi connectivity index (χ2v) is 9.02. The molecule has 6 heteroatoms. The minimum absolute atomic E-state index is 0.153. The van der Waals surface area contributed by atoms with Crippen LogP contribution in [-0.2, 0) is 18.7 Å². The molecule has 4 rings (SSSR count). The highest BCUT2D eigenvalue weighted by Crippen LogP contribution is 2.39. The molecule has 0 atom stereocenters. The first-order chi connectivity index (χ1) is 17.3. The number of furan rings is 1. The van der Waals surface area contributed by atoms with Gasteiger partial charge < -0.3 is 19.0 Å². The molecular formula is C30H32FNO4. The Bertz CT molecular complexity index is 1220. The number of rotatable bonds is 10. The lowest BCUT2D eigenvalue weighted by molar-refractivity contribution is 0.0939. The quantitative estimate of drug-likeness (QED) is 0.290. The summed E-state index contributed by atoms with van der Waals surface area (Å²) in [7, 11) is 3.20. The second-order valence-electron chi connectivity index (χ2n) is 9.02. The van der Waals surface area contributed by atoms with Crippen LogP contribution < -0.4 is 9.47 Å². The lowest BCUT2D eigenvalue weighted by Crippen LogP contribution is -2.30.